The van der Waals surface area contributed by atoms with Gasteiger partial charge in [-0.25, -0.2) is 4.79 Å². The number of carbonyl (C=O) groups is 2. The van der Waals surface area contributed by atoms with Crippen molar-refractivity contribution in [1.29, 1.82) is 0 Å². The molecule has 2 heterocycles. The second-order valence-corrected chi connectivity index (χ2v) is 7.97. The minimum Gasteiger partial charge on any atom is -0.478 e. The van der Waals surface area contributed by atoms with Crippen LogP contribution in [0.5, 0.6) is 0 Å². The van der Waals surface area contributed by atoms with Crippen LogP contribution in [0.15, 0.2) is 34.5 Å². The van der Waals surface area contributed by atoms with Gasteiger partial charge in [0.05, 0.1) is 30.9 Å². The number of nitrogens with one attached hydrogen (secondary N) is 1. The molecule has 0 aromatic heterocycles. The summed E-state index contributed by atoms with van der Waals surface area (Å²) < 4.78 is 6.12. The van der Waals surface area contributed by atoms with E-state index in [9.17, 15) is 9.59 Å². The average molecular weight is 402 g/mol. The highest BCUT2D eigenvalue weighted by atomic mass is 16.5. The van der Waals surface area contributed by atoms with Gasteiger partial charge < -0.3 is 15.2 Å². The Morgan fingerprint density at radius 3 is 2.55 bits per heavy atom. The highest BCUT2D eigenvalue weighted by Gasteiger charge is 2.48. The lowest BCUT2D eigenvalue weighted by Crippen LogP contribution is -2.31. The first-order valence-corrected chi connectivity index (χ1v) is 10.7. The van der Waals surface area contributed by atoms with E-state index in [2.05, 4.69) is 22.5 Å². The SMILES string of the molecule is CCCCNC(=O)CCN=NCC1C2CCC(O2)C1Cc1ccc(C(=O)O)cc1. The molecule has 2 fully saturated rings. The van der Waals surface area contributed by atoms with Crippen molar-refractivity contribution in [3.8, 4) is 0 Å². The van der Waals surface area contributed by atoms with E-state index in [1.165, 1.54) is 0 Å². The fraction of sp³-hybridized carbons (Fsp3) is 0.636. The van der Waals surface area contributed by atoms with E-state index < -0.39 is 5.97 Å². The number of carbonyl (C=O) groups excluding carboxylic acids is 1. The molecule has 1 aromatic rings. The Labute approximate surface area is 171 Å². The molecule has 0 spiro atoms. The van der Waals surface area contributed by atoms with Crippen molar-refractivity contribution in [3.63, 3.8) is 0 Å². The van der Waals surface area contributed by atoms with Crippen LogP contribution in [-0.4, -0.2) is 48.8 Å². The number of benzene rings is 1. The Morgan fingerprint density at radius 2 is 1.86 bits per heavy atom. The van der Waals surface area contributed by atoms with Crippen molar-refractivity contribution in [1.82, 2.24) is 5.32 Å². The summed E-state index contributed by atoms with van der Waals surface area (Å²) in [5, 5.41) is 20.5. The predicted molar refractivity (Wildman–Crippen MR) is 109 cm³/mol. The number of fused-ring (bicyclic) bond motifs is 2. The zero-order valence-electron chi connectivity index (χ0n) is 17.0. The zero-order chi connectivity index (χ0) is 20.6. The Balaban J connectivity index is 1.47. The van der Waals surface area contributed by atoms with Crippen molar-refractivity contribution in [3.05, 3.63) is 35.4 Å². The van der Waals surface area contributed by atoms with Gasteiger partial charge in [-0.2, -0.15) is 10.2 Å². The lowest BCUT2D eigenvalue weighted by atomic mass is 9.76. The lowest BCUT2D eigenvalue weighted by Gasteiger charge is -2.26. The number of aromatic carboxylic acids is 1. The van der Waals surface area contributed by atoms with Crippen LogP contribution in [0, 0.1) is 11.8 Å². The highest BCUT2D eigenvalue weighted by molar-refractivity contribution is 5.87. The molecule has 4 atom stereocenters. The maximum atomic E-state index is 11.7. The molecule has 3 rings (SSSR count). The molecule has 7 nitrogen and oxygen atoms in total. The monoisotopic (exact) mass is 401 g/mol. The number of ether oxygens (including phenoxy) is 1. The molecule has 0 aliphatic carbocycles. The Hall–Kier alpha value is -2.28. The van der Waals surface area contributed by atoms with Gasteiger partial charge in [0, 0.05) is 18.9 Å². The quantitative estimate of drug-likeness (QED) is 0.438. The van der Waals surface area contributed by atoms with E-state index in [1.54, 1.807) is 12.1 Å². The molecule has 29 heavy (non-hydrogen) atoms. The minimum absolute atomic E-state index is 0.0309. The molecule has 7 heteroatoms. The molecule has 2 saturated heterocycles. The Kier molecular flexibility index (Phi) is 7.75. The molecule has 4 unspecified atom stereocenters. The summed E-state index contributed by atoms with van der Waals surface area (Å²) in [5.74, 6) is -0.170. The molecule has 158 valence electrons. The van der Waals surface area contributed by atoms with E-state index in [0.29, 0.717) is 36.9 Å². The summed E-state index contributed by atoms with van der Waals surface area (Å²) in [6, 6.07) is 7.11. The first-order valence-electron chi connectivity index (χ1n) is 10.7. The average Bonchev–Trinajstić information content (AvgIpc) is 3.31. The molecule has 1 aromatic carbocycles. The largest absolute Gasteiger partial charge is 0.478 e. The van der Waals surface area contributed by atoms with Crippen molar-refractivity contribution in [2.45, 2.75) is 57.7 Å². The van der Waals surface area contributed by atoms with Crippen LogP contribution in [0.4, 0.5) is 0 Å². The molecular weight excluding hydrogens is 370 g/mol. The summed E-state index contributed by atoms with van der Waals surface area (Å²) in [4.78, 5) is 22.7. The summed E-state index contributed by atoms with van der Waals surface area (Å²) in [5.41, 5.74) is 1.43. The first-order chi connectivity index (χ1) is 14.1. The third kappa shape index (κ3) is 5.85. The number of nitrogens with zero attached hydrogens (tertiary/aromatic N) is 2. The number of rotatable bonds is 11. The van der Waals surface area contributed by atoms with E-state index >= 15 is 0 Å². The topological polar surface area (TPSA) is 100 Å². The number of hydrogen-bond donors (Lipinski definition) is 2. The summed E-state index contributed by atoms with van der Waals surface area (Å²) in [6.45, 7) is 3.86. The molecule has 2 aliphatic heterocycles. The Morgan fingerprint density at radius 1 is 1.14 bits per heavy atom. The second-order valence-electron chi connectivity index (χ2n) is 7.97. The predicted octanol–water partition coefficient (Wildman–Crippen LogP) is 3.48. The summed E-state index contributed by atoms with van der Waals surface area (Å²) in [7, 11) is 0. The number of carboxylic acid groups (broad SMARTS) is 1. The molecule has 2 aliphatic rings. The van der Waals surface area contributed by atoms with Crippen molar-refractivity contribution in [2.75, 3.05) is 19.6 Å². The van der Waals surface area contributed by atoms with Gasteiger partial charge in [-0.3, -0.25) is 4.79 Å². The third-order valence-corrected chi connectivity index (χ3v) is 5.95. The molecule has 2 N–H and O–H groups in total. The van der Waals surface area contributed by atoms with Crippen LogP contribution >= 0.6 is 0 Å². The lowest BCUT2D eigenvalue weighted by molar-refractivity contribution is -0.120. The normalized spacial score (nSPS) is 25.6. The van der Waals surface area contributed by atoms with Crippen LogP contribution in [-0.2, 0) is 16.0 Å². The molecule has 2 bridgehead atoms. The molecule has 0 saturated carbocycles. The smallest absolute Gasteiger partial charge is 0.335 e. The van der Waals surface area contributed by atoms with Crippen LogP contribution in [0.2, 0.25) is 0 Å². The van der Waals surface area contributed by atoms with E-state index in [0.717, 1.165) is 44.2 Å². The molecular formula is C22H31N3O4. The minimum atomic E-state index is -0.905. The number of carboxylic acids is 1. The summed E-state index contributed by atoms with van der Waals surface area (Å²) in [6.07, 6.45) is 5.94. The van der Waals surface area contributed by atoms with Crippen LogP contribution < -0.4 is 5.32 Å². The van der Waals surface area contributed by atoms with Gasteiger partial charge in [0.2, 0.25) is 5.91 Å². The maximum Gasteiger partial charge on any atom is 0.335 e. The number of azo groups is 1. The maximum absolute atomic E-state index is 11.7. The fourth-order valence-electron chi connectivity index (χ4n) is 4.33. The number of unbranched alkanes of at least 4 members (excludes halogenated alkanes) is 1. The molecule has 1 amide bonds. The fourth-order valence-corrected chi connectivity index (χ4v) is 4.33. The second kappa shape index (κ2) is 10.5. The standard InChI is InChI=1S/C22H31N3O4/c1-2-3-11-23-21(26)10-12-24-25-14-18-17(19-8-9-20(18)29-19)13-15-4-6-16(7-5-15)22(27)28/h4-7,17-20H,2-3,8-14H2,1H3,(H,23,26)(H,27,28). The van der Waals surface area contributed by atoms with E-state index in [-0.39, 0.29) is 18.1 Å². The van der Waals surface area contributed by atoms with Crippen LogP contribution in [0.1, 0.15) is 54.9 Å². The van der Waals surface area contributed by atoms with Gasteiger partial charge in [-0.05, 0) is 49.3 Å². The van der Waals surface area contributed by atoms with Crippen molar-refractivity contribution in [2.24, 2.45) is 22.1 Å². The first kappa shape index (κ1) is 21.4. The van der Waals surface area contributed by atoms with Gasteiger partial charge >= 0.3 is 5.97 Å². The van der Waals surface area contributed by atoms with Gasteiger partial charge in [0.15, 0.2) is 0 Å². The van der Waals surface area contributed by atoms with Gasteiger partial charge in [0.1, 0.15) is 0 Å². The third-order valence-electron chi connectivity index (χ3n) is 5.95. The van der Waals surface area contributed by atoms with Gasteiger partial charge in [-0.15, -0.1) is 0 Å². The van der Waals surface area contributed by atoms with Crippen molar-refractivity contribution >= 4 is 11.9 Å². The van der Waals surface area contributed by atoms with E-state index in [4.69, 9.17) is 9.84 Å². The van der Waals surface area contributed by atoms with Crippen LogP contribution in [0.25, 0.3) is 0 Å². The number of hydrogen-bond acceptors (Lipinski definition) is 5. The highest BCUT2D eigenvalue weighted by Crippen LogP contribution is 2.45. The zero-order valence-corrected chi connectivity index (χ0v) is 17.0. The number of amides is 1. The van der Waals surface area contributed by atoms with Gasteiger partial charge in [-0.1, -0.05) is 25.5 Å². The molecule has 0 radical (unpaired) electrons. The summed E-state index contributed by atoms with van der Waals surface area (Å²) >= 11 is 0. The Bertz CT molecular complexity index is 719. The van der Waals surface area contributed by atoms with E-state index in [1.807, 2.05) is 12.1 Å². The van der Waals surface area contributed by atoms with Crippen LogP contribution in [0.3, 0.4) is 0 Å². The van der Waals surface area contributed by atoms with Gasteiger partial charge in [0.25, 0.3) is 0 Å². The van der Waals surface area contributed by atoms with Crippen molar-refractivity contribution < 1.29 is 19.4 Å².